The van der Waals surface area contributed by atoms with Crippen molar-refractivity contribution in [3.05, 3.63) is 72.3 Å². The van der Waals surface area contributed by atoms with Gasteiger partial charge in [0.2, 0.25) is 5.91 Å². The van der Waals surface area contributed by atoms with Gasteiger partial charge in [0, 0.05) is 19.0 Å². The van der Waals surface area contributed by atoms with E-state index in [1.165, 1.54) is 11.2 Å². The number of hydrogen-bond acceptors (Lipinski definition) is 6. The van der Waals surface area contributed by atoms with Gasteiger partial charge in [-0.1, -0.05) is 48.5 Å². The zero-order valence-electron chi connectivity index (χ0n) is 18.2. The van der Waals surface area contributed by atoms with E-state index in [0.29, 0.717) is 13.1 Å². The first kappa shape index (κ1) is 21.6. The lowest BCUT2D eigenvalue weighted by molar-refractivity contribution is -0.145. The number of carboxylic acid groups (broad SMARTS) is 1. The Balaban J connectivity index is 1.22. The molecule has 2 aromatic carbocycles. The second kappa shape index (κ2) is 8.97. The number of alkyl carbamates (subject to hydrolysis) is 1. The first-order valence-electron chi connectivity index (χ1n) is 11.0. The molecule has 0 radical (unpaired) electrons. The third kappa shape index (κ3) is 4.09. The number of carbonyl (C=O) groups excluding carboxylic acids is 2. The van der Waals surface area contributed by atoms with Crippen molar-refractivity contribution in [1.82, 2.24) is 25.0 Å². The van der Waals surface area contributed by atoms with Crippen LogP contribution < -0.4 is 5.32 Å². The van der Waals surface area contributed by atoms with E-state index in [-0.39, 0.29) is 18.6 Å². The summed E-state index contributed by atoms with van der Waals surface area (Å²) in [5.41, 5.74) is 4.33. The van der Waals surface area contributed by atoms with Gasteiger partial charge in [0.1, 0.15) is 25.3 Å². The normalized spacial score (nSPS) is 15.7. The lowest BCUT2D eigenvalue weighted by atomic mass is 9.98. The fraction of sp³-hybridized carbons (Fsp3) is 0.292. The number of amides is 2. The summed E-state index contributed by atoms with van der Waals surface area (Å²) in [6.45, 7) is 0.807. The van der Waals surface area contributed by atoms with Crippen LogP contribution in [0.4, 0.5) is 4.79 Å². The van der Waals surface area contributed by atoms with Crippen LogP contribution in [0.1, 0.15) is 29.5 Å². The van der Waals surface area contributed by atoms with Crippen molar-refractivity contribution in [1.29, 1.82) is 0 Å². The summed E-state index contributed by atoms with van der Waals surface area (Å²) in [6.07, 6.45) is 1.62. The van der Waals surface area contributed by atoms with Gasteiger partial charge in [-0.3, -0.25) is 9.59 Å². The fourth-order valence-corrected chi connectivity index (χ4v) is 4.59. The van der Waals surface area contributed by atoms with Crippen LogP contribution in [0.5, 0.6) is 0 Å². The Hall–Kier alpha value is -4.21. The minimum atomic E-state index is -1.22. The summed E-state index contributed by atoms with van der Waals surface area (Å²) >= 11 is 0. The predicted octanol–water partition coefficient (Wildman–Crippen LogP) is 2.04. The molecular weight excluding hydrogens is 438 g/mol. The highest BCUT2D eigenvalue weighted by molar-refractivity contribution is 5.89. The number of fused-ring (bicyclic) bond motifs is 3. The minimum Gasteiger partial charge on any atom is -0.481 e. The second-order valence-corrected chi connectivity index (χ2v) is 8.39. The van der Waals surface area contributed by atoms with Crippen LogP contribution in [-0.2, 0) is 14.3 Å². The Kier molecular flexibility index (Phi) is 5.70. The van der Waals surface area contributed by atoms with Gasteiger partial charge in [-0.15, -0.1) is 0 Å². The highest BCUT2D eigenvalue weighted by Gasteiger charge is 2.38. The van der Waals surface area contributed by atoms with Crippen LogP contribution in [0, 0.1) is 0 Å². The average molecular weight is 461 g/mol. The van der Waals surface area contributed by atoms with E-state index in [0.717, 1.165) is 22.3 Å². The molecule has 10 nitrogen and oxygen atoms in total. The maximum Gasteiger partial charge on any atom is 0.407 e. The Bertz CT molecular complexity index is 1180. The standard InChI is InChI=1S/C24H23N5O5/c30-22(31)9-21(23(32)28-10-15(11-28)29-14-25-13-26-29)27-24(33)34-12-20-18-7-3-1-5-16(18)17-6-2-4-8-19(17)20/h1-8,13-15,20-21H,9-12H2,(H,27,33)(H,30,31). The van der Waals surface area contributed by atoms with E-state index in [4.69, 9.17) is 4.74 Å². The molecule has 2 aliphatic rings. The molecule has 0 spiro atoms. The largest absolute Gasteiger partial charge is 0.481 e. The van der Waals surface area contributed by atoms with E-state index in [9.17, 15) is 19.5 Å². The van der Waals surface area contributed by atoms with Crippen molar-refractivity contribution in [2.24, 2.45) is 0 Å². The monoisotopic (exact) mass is 461 g/mol. The molecule has 3 aromatic rings. The number of hydrogen-bond donors (Lipinski definition) is 2. The molecule has 1 aliphatic carbocycles. The molecule has 1 unspecified atom stereocenters. The molecule has 1 fully saturated rings. The Morgan fingerprint density at radius 3 is 2.29 bits per heavy atom. The summed E-state index contributed by atoms with van der Waals surface area (Å²) in [6, 6.07) is 14.7. The molecule has 5 rings (SSSR count). The average Bonchev–Trinajstić information content (AvgIpc) is 3.43. The van der Waals surface area contributed by atoms with E-state index in [1.54, 1.807) is 11.0 Å². The van der Waals surface area contributed by atoms with E-state index in [1.807, 2.05) is 48.5 Å². The van der Waals surface area contributed by atoms with Gasteiger partial charge >= 0.3 is 12.1 Å². The third-order valence-electron chi connectivity index (χ3n) is 6.30. The summed E-state index contributed by atoms with van der Waals surface area (Å²) in [5, 5.41) is 15.8. The SMILES string of the molecule is O=C(O)CC(NC(=O)OCC1c2ccccc2-c2ccccc21)C(=O)N1CC(n2cncn2)C1. The molecule has 0 saturated carbocycles. The number of aromatic nitrogens is 3. The zero-order chi connectivity index (χ0) is 23.7. The minimum absolute atomic E-state index is 0.0219. The number of likely N-dealkylation sites (tertiary alicyclic amines) is 1. The second-order valence-electron chi connectivity index (χ2n) is 8.39. The van der Waals surface area contributed by atoms with Gasteiger partial charge in [-0.05, 0) is 22.3 Å². The van der Waals surface area contributed by atoms with Crippen molar-refractivity contribution in [3.8, 4) is 11.1 Å². The molecule has 34 heavy (non-hydrogen) atoms. The molecule has 10 heteroatoms. The van der Waals surface area contributed by atoms with E-state index in [2.05, 4.69) is 15.4 Å². The fourth-order valence-electron chi connectivity index (χ4n) is 4.59. The van der Waals surface area contributed by atoms with Gasteiger partial charge < -0.3 is 20.1 Å². The highest BCUT2D eigenvalue weighted by Crippen LogP contribution is 2.44. The van der Waals surface area contributed by atoms with E-state index >= 15 is 0 Å². The third-order valence-corrected chi connectivity index (χ3v) is 6.30. The lowest BCUT2D eigenvalue weighted by Gasteiger charge is -2.40. The van der Waals surface area contributed by atoms with Crippen LogP contribution in [0.2, 0.25) is 0 Å². The van der Waals surface area contributed by atoms with Crippen molar-refractivity contribution < 1.29 is 24.2 Å². The lowest BCUT2D eigenvalue weighted by Crippen LogP contribution is -2.57. The van der Waals surface area contributed by atoms with Gasteiger partial charge in [-0.25, -0.2) is 14.5 Å². The van der Waals surface area contributed by atoms with Crippen LogP contribution >= 0.6 is 0 Å². The van der Waals surface area contributed by atoms with Crippen molar-refractivity contribution in [2.45, 2.75) is 24.4 Å². The van der Waals surface area contributed by atoms with Gasteiger partial charge in [-0.2, -0.15) is 5.10 Å². The predicted molar refractivity (Wildman–Crippen MR) is 120 cm³/mol. The molecule has 2 heterocycles. The number of carbonyl (C=O) groups is 3. The first-order valence-corrected chi connectivity index (χ1v) is 11.0. The highest BCUT2D eigenvalue weighted by atomic mass is 16.5. The molecule has 1 aliphatic heterocycles. The van der Waals surface area contributed by atoms with Crippen LogP contribution in [0.25, 0.3) is 11.1 Å². The van der Waals surface area contributed by atoms with E-state index < -0.39 is 30.4 Å². The Morgan fingerprint density at radius 2 is 1.71 bits per heavy atom. The van der Waals surface area contributed by atoms with Crippen LogP contribution in [-0.4, -0.2) is 68.5 Å². The number of rotatable bonds is 7. The Labute approximate surface area is 195 Å². The smallest absolute Gasteiger partial charge is 0.407 e. The summed E-state index contributed by atoms with van der Waals surface area (Å²) < 4.78 is 7.12. The zero-order valence-corrected chi connectivity index (χ0v) is 18.2. The van der Waals surface area contributed by atoms with Crippen molar-refractivity contribution in [3.63, 3.8) is 0 Å². The summed E-state index contributed by atoms with van der Waals surface area (Å²) in [7, 11) is 0. The van der Waals surface area contributed by atoms with Crippen LogP contribution in [0.3, 0.4) is 0 Å². The number of ether oxygens (including phenoxy) is 1. The molecule has 174 valence electrons. The Morgan fingerprint density at radius 1 is 1.06 bits per heavy atom. The molecule has 1 atom stereocenters. The molecule has 1 aromatic heterocycles. The van der Waals surface area contributed by atoms with Crippen molar-refractivity contribution in [2.75, 3.05) is 19.7 Å². The molecule has 0 bridgehead atoms. The van der Waals surface area contributed by atoms with Gasteiger partial charge in [0.25, 0.3) is 0 Å². The molecule has 1 saturated heterocycles. The maximum absolute atomic E-state index is 12.8. The van der Waals surface area contributed by atoms with Crippen LogP contribution in [0.15, 0.2) is 61.2 Å². The van der Waals surface area contributed by atoms with Gasteiger partial charge in [0.15, 0.2) is 0 Å². The first-order chi connectivity index (χ1) is 16.5. The topological polar surface area (TPSA) is 127 Å². The quantitative estimate of drug-likeness (QED) is 0.551. The molecular formula is C24H23N5O5. The number of benzene rings is 2. The number of aliphatic carboxylic acids is 1. The maximum atomic E-state index is 12.8. The van der Waals surface area contributed by atoms with Gasteiger partial charge in [0.05, 0.1) is 12.5 Å². The summed E-state index contributed by atoms with van der Waals surface area (Å²) in [5.74, 6) is -1.79. The van der Waals surface area contributed by atoms with Crippen molar-refractivity contribution >= 4 is 18.0 Å². The number of nitrogens with zero attached hydrogens (tertiary/aromatic N) is 4. The molecule has 2 N–H and O–H groups in total. The number of nitrogens with one attached hydrogen (secondary N) is 1. The number of carboxylic acids is 1. The molecule has 2 amide bonds. The summed E-state index contributed by atoms with van der Waals surface area (Å²) in [4.78, 5) is 42.1.